The summed E-state index contributed by atoms with van der Waals surface area (Å²) in [5, 5.41) is 7.29. The van der Waals surface area contributed by atoms with E-state index in [0.717, 1.165) is 29.7 Å². The number of carbonyl (C=O) groups excluding carboxylic acids is 1. The lowest BCUT2D eigenvalue weighted by atomic mass is 10.2. The first-order valence-corrected chi connectivity index (χ1v) is 11.2. The van der Waals surface area contributed by atoms with E-state index in [1.54, 1.807) is 18.3 Å². The molecule has 35 heavy (non-hydrogen) atoms. The maximum absolute atomic E-state index is 12.8. The molecule has 3 aromatic heterocycles. The normalized spacial score (nSPS) is 13.9. The van der Waals surface area contributed by atoms with Crippen LogP contribution in [-0.2, 0) is 0 Å². The van der Waals surface area contributed by atoms with Gasteiger partial charge < -0.3 is 25.3 Å². The number of anilines is 2. The maximum atomic E-state index is 12.8. The third-order valence-electron chi connectivity index (χ3n) is 5.54. The summed E-state index contributed by atoms with van der Waals surface area (Å²) in [5.74, 6) is 0.614. The highest BCUT2D eigenvalue weighted by atomic mass is 19.3. The second-order valence-electron chi connectivity index (χ2n) is 8.00. The summed E-state index contributed by atoms with van der Waals surface area (Å²) in [6.45, 7) is 2.27. The van der Waals surface area contributed by atoms with Crippen LogP contribution in [0.25, 0.3) is 22.3 Å². The van der Waals surface area contributed by atoms with Crippen LogP contribution in [0.3, 0.4) is 0 Å². The zero-order valence-electron chi connectivity index (χ0n) is 18.7. The minimum atomic E-state index is -2.56. The number of pyridine rings is 1. The summed E-state index contributed by atoms with van der Waals surface area (Å²) >= 11 is 0. The molecule has 4 heterocycles. The molecule has 0 aliphatic carbocycles. The molecule has 0 saturated carbocycles. The van der Waals surface area contributed by atoms with Crippen LogP contribution in [0.4, 0.5) is 20.4 Å². The summed E-state index contributed by atoms with van der Waals surface area (Å²) in [5.41, 5.74) is 3.14. The molecule has 9 nitrogen and oxygen atoms in total. The van der Waals surface area contributed by atoms with Gasteiger partial charge in [-0.2, -0.15) is 0 Å². The Labute approximate surface area is 199 Å². The molecule has 0 bridgehead atoms. The predicted molar refractivity (Wildman–Crippen MR) is 127 cm³/mol. The number of hydrogen-bond donors (Lipinski definition) is 3. The highest BCUT2D eigenvalue weighted by Crippen LogP contribution is 2.25. The summed E-state index contributed by atoms with van der Waals surface area (Å²) in [4.78, 5) is 30.8. The van der Waals surface area contributed by atoms with Crippen LogP contribution in [0.5, 0.6) is 5.75 Å². The summed E-state index contributed by atoms with van der Waals surface area (Å²) in [6.07, 6.45) is 0.498. The van der Waals surface area contributed by atoms with Gasteiger partial charge in [0.05, 0.1) is 11.4 Å². The molecule has 1 fully saturated rings. The fourth-order valence-corrected chi connectivity index (χ4v) is 3.85. The Hall–Kier alpha value is -4.12. The van der Waals surface area contributed by atoms with Crippen molar-refractivity contribution in [3.63, 3.8) is 0 Å². The molecule has 1 saturated heterocycles. The van der Waals surface area contributed by atoms with Crippen LogP contribution < -0.4 is 15.4 Å². The van der Waals surface area contributed by atoms with Crippen molar-refractivity contribution in [2.75, 3.05) is 38.1 Å². The average molecular weight is 479 g/mol. The number of piperazine rings is 1. The molecule has 0 unspecified atom stereocenters. The molecular weight excluding hydrogens is 456 g/mol. The van der Waals surface area contributed by atoms with Crippen LogP contribution in [0.15, 0.2) is 54.9 Å². The highest BCUT2D eigenvalue weighted by Gasteiger charge is 2.19. The van der Waals surface area contributed by atoms with Crippen LogP contribution in [0, 0.1) is 0 Å². The zero-order valence-corrected chi connectivity index (χ0v) is 18.7. The fraction of sp³-hybridized carbons (Fsp3) is 0.250. The first kappa shape index (κ1) is 22.7. The SMILES string of the molecule is O=C(c1cc2cc(Nc3nccc(-c4cc(OCC(F)F)ccn4)n3)ccc2[nH]1)N1CCNCC1. The summed E-state index contributed by atoms with van der Waals surface area (Å²) < 4.78 is 29.9. The molecule has 1 aliphatic heterocycles. The van der Waals surface area contributed by atoms with Gasteiger partial charge in [0.2, 0.25) is 5.95 Å². The molecule has 3 N–H and O–H groups in total. The van der Waals surface area contributed by atoms with Crippen molar-refractivity contribution >= 4 is 28.4 Å². The van der Waals surface area contributed by atoms with Crippen molar-refractivity contribution in [1.29, 1.82) is 0 Å². The van der Waals surface area contributed by atoms with E-state index in [0.29, 0.717) is 36.1 Å². The van der Waals surface area contributed by atoms with E-state index < -0.39 is 13.0 Å². The molecule has 0 spiro atoms. The summed E-state index contributed by atoms with van der Waals surface area (Å²) in [6, 6.07) is 12.3. The van der Waals surface area contributed by atoms with Gasteiger partial charge >= 0.3 is 0 Å². The van der Waals surface area contributed by atoms with Crippen molar-refractivity contribution in [3.8, 4) is 17.1 Å². The Morgan fingerprint density at radius 3 is 2.71 bits per heavy atom. The van der Waals surface area contributed by atoms with Gasteiger partial charge in [-0.15, -0.1) is 0 Å². The molecule has 180 valence electrons. The van der Waals surface area contributed by atoms with Gasteiger partial charge in [-0.1, -0.05) is 0 Å². The second-order valence-corrected chi connectivity index (χ2v) is 8.00. The number of halogens is 2. The molecule has 4 aromatic rings. The number of carbonyl (C=O) groups is 1. The molecule has 0 radical (unpaired) electrons. The number of amides is 1. The number of aromatic nitrogens is 4. The van der Waals surface area contributed by atoms with Gasteiger partial charge in [-0.05, 0) is 36.4 Å². The topological polar surface area (TPSA) is 108 Å². The minimum Gasteiger partial charge on any atom is -0.488 e. The minimum absolute atomic E-state index is 0.0134. The Balaban J connectivity index is 1.32. The van der Waals surface area contributed by atoms with Gasteiger partial charge in [-0.3, -0.25) is 9.78 Å². The number of fused-ring (bicyclic) bond motifs is 1. The van der Waals surface area contributed by atoms with Crippen molar-refractivity contribution in [1.82, 2.24) is 30.2 Å². The lowest BCUT2D eigenvalue weighted by molar-refractivity contribution is 0.0730. The van der Waals surface area contributed by atoms with E-state index in [-0.39, 0.29) is 11.7 Å². The number of hydrogen-bond acceptors (Lipinski definition) is 7. The van der Waals surface area contributed by atoms with Gasteiger partial charge in [0, 0.05) is 61.2 Å². The number of rotatable bonds is 7. The van der Waals surface area contributed by atoms with E-state index in [1.165, 1.54) is 12.3 Å². The van der Waals surface area contributed by atoms with Crippen LogP contribution in [-0.4, -0.2) is 70.0 Å². The number of benzene rings is 1. The summed E-state index contributed by atoms with van der Waals surface area (Å²) in [7, 11) is 0. The van der Waals surface area contributed by atoms with Gasteiger partial charge in [0.1, 0.15) is 18.1 Å². The maximum Gasteiger partial charge on any atom is 0.272 e. The Kier molecular flexibility index (Phi) is 6.49. The van der Waals surface area contributed by atoms with Crippen molar-refractivity contribution in [2.45, 2.75) is 6.43 Å². The third-order valence-corrected chi connectivity index (χ3v) is 5.54. The lowest BCUT2D eigenvalue weighted by Gasteiger charge is -2.26. The lowest BCUT2D eigenvalue weighted by Crippen LogP contribution is -2.46. The Morgan fingerprint density at radius 1 is 1.06 bits per heavy atom. The van der Waals surface area contributed by atoms with Crippen molar-refractivity contribution in [2.24, 2.45) is 0 Å². The molecule has 1 amide bonds. The zero-order chi connectivity index (χ0) is 24.2. The van der Waals surface area contributed by atoms with E-state index in [4.69, 9.17) is 4.74 Å². The molecule has 11 heteroatoms. The van der Waals surface area contributed by atoms with Crippen LogP contribution in [0.1, 0.15) is 10.5 Å². The van der Waals surface area contributed by atoms with E-state index >= 15 is 0 Å². The highest BCUT2D eigenvalue weighted by molar-refractivity contribution is 5.98. The number of H-pyrrole nitrogens is 1. The smallest absolute Gasteiger partial charge is 0.272 e. The molecule has 0 atom stereocenters. The third kappa shape index (κ3) is 5.35. The van der Waals surface area contributed by atoms with E-state index in [1.807, 2.05) is 29.2 Å². The number of alkyl halides is 2. The van der Waals surface area contributed by atoms with Gasteiger partial charge in [0.25, 0.3) is 12.3 Å². The van der Waals surface area contributed by atoms with Gasteiger partial charge in [-0.25, -0.2) is 18.7 Å². The number of ether oxygens (including phenoxy) is 1. The monoisotopic (exact) mass is 479 g/mol. The molecule has 1 aromatic carbocycles. The first-order chi connectivity index (χ1) is 17.0. The fourth-order valence-electron chi connectivity index (χ4n) is 3.85. The predicted octanol–water partition coefficient (Wildman–Crippen LogP) is 3.45. The number of nitrogens with zero attached hydrogens (tertiary/aromatic N) is 4. The second kappa shape index (κ2) is 10.0. The largest absolute Gasteiger partial charge is 0.488 e. The first-order valence-electron chi connectivity index (χ1n) is 11.2. The van der Waals surface area contributed by atoms with Crippen LogP contribution >= 0.6 is 0 Å². The molecular formula is C24H23F2N7O2. The van der Waals surface area contributed by atoms with Crippen LogP contribution in [0.2, 0.25) is 0 Å². The van der Waals surface area contributed by atoms with E-state index in [2.05, 4.69) is 30.6 Å². The average Bonchev–Trinajstić information content (AvgIpc) is 3.31. The standard InChI is InChI=1S/C24H23F2N7O2/c25-22(26)14-35-17-3-5-28-20(13-17)19-4-6-29-24(32-19)30-16-1-2-18-15(11-16)12-21(31-18)23(34)33-9-7-27-8-10-33/h1-6,11-13,22,27,31H,7-10,14H2,(H,29,30,32). The Bertz CT molecular complexity index is 1340. The van der Waals surface area contributed by atoms with Gasteiger partial charge in [0.15, 0.2) is 0 Å². The molecule has 1 aliphatic rings. The Morgan fingerprint density at radius 2 is 1.89 bits per heavy atom. The number of nitrogens with one attached hydrogen (secondary N) is 3. The van der Waals surface area contributed by atoms with E-state index in [9.17, 15) is 13.6 Å². The van der Waals surface area contributed by atoms with Crippen molar-refractivity contribution < 1.29 is 18.3 Å². The number of aromatic amines is 1. The van der Waals surface area contributed by atoms with Crippen molar-refractivity contribution in [3.05, 3.63) is 60.6 Å². The quantitative estimate of drug-likeness (QED) is 0.373. The molecule has 5 rings (SSSR count).